The van der Waals surface area contributed by atoms with Crippen LogP contribution in [0.25, 0.3) is 22.1 Å². The third kappa shape index (κ3) is 4.60. The molecule has 1 saturated heterocycles. The maximum Gasteiger partial charge on any atom is 0.200 e. The molecule has 0 aliphatic carbocycles. The van der Waals surface area contributed by atoms with Crippen LogP contribution in [0.15, 0.2) is 57.9 Å². The molecule has 3 aromatic rings. The Bertz CT molecular complexity index is 1020. The fourth-order valence-corrected chi connectivity index (χ4v) is 3.59. The van der Waals surface area contributed by atoms with Crippen molar-refractivity contribution in [3.63, 3.8) is 0 Å². The summed E-state index contributed by atoms with van der Waals surface area (Å²) in [5.74, 6) is 0.866. The highest BCUT2D eigenvalue weighted by atomic mass is 16.5. The van der Waals surface area contributed by atoms with E-state index in [1.54, 1.807) is 36.4 Å². The first-order valence-electron chi connectivity index (χ1n) is 9.99. The van der Waals surface area contributed by atoms with E-state index in [4.69, 9.17) is 9.15 Å². The van der Waals surface area contributed by atoms with Crippen LogP contribution in [-0.2, 0) is 0 Å². The number of piperazine rings is 1. The molecule has 152 valence electrons. The lowest BCUT2D eigenvalue weighted by Gasteiger charge is -2.32. The Morgan fingerprint density at radius 2 is 1.83 bits per heavy atom. The van der Waals surface area contributed by atoms with E-state index >= 15 is 0 Å². The lowest BCUT2D eigenvalue weighted by Crippen LogP contribution is -2.44. The predicted molar refractivity (Wildman–Crippen MR) is 114 cm³/mol. The number of rotatable bonds is 6. The van der Waals surface area contributed by atoms with Crippen molar-refractivity contribution in [2.45, 2.75) is 6.42 Å². The minimum atomic E-state index is -0.0986. The maximum atomic E-state index is 12.8. The second kappa shape index (κ2) is 8.68. The molecule has 1 aliphatic heterocycles. The summed E-state index contributed by atoms with van der Waals surface area (Å²) >= 11 is 0. The van der Waals surface area contributed by atoms with Crippen LogP contribution >= 0.6 is 0 Å². The first kappa shape index (κ1) is 19.5. The van der Waals surface area contributed by atoms with Crippen LogP contribution in [0.1, 0.15) is 6.42 Å². The summed E-state index contributed by atoms with van der Waals surface area (Å²) in [6, 6.07) is 11.8. The Morgan fingerprint density at radius 1 is 1.07 bits per heavy atom. The maximum absolute atomic E-state index is 12.8. The van der Waals surface area contributed by atoms with Gasteiger partial charge in [-0.25, -0.2) is 0 Å². The van der Waals surface area contributed by atoms with E-state index in [0.29, 0.717) is 34.5 Å². The molecule has 0 bridgehead atoms. The standard InChI is InChI=1S/C23H26N2O4/c1-24-10-12-25(13-11-24)9-2-14-28-19-7-8-20-22(15-19)29-16-21(23(20)27)17-3-5-18(26)6-4-17/h3-8,15-16,26H,2,9-14H2,1H3. The molecular formula is C23H26N2O4. The number of fused-ring (bicyclic) bond motifs is 1. The van der Waals surface area contributed by atoms with Gasteiger partial charge in [-0.05, 0) is 43.3 Å². The number of hydrogen-bond acceptors (Lipinski definition) is 6. The van der Waals surface area contributed by atoms with Crippen molar-refractivity contribution in [1.82, 2.24) is 9.80 Å². The Kier molecular flexibility index (Phi) is 5.83. The molecule has 29 heavy (non-hydrogen) atoms. The van der Waals surface area contributed by atoms with Crippen molar-refractivity contribution in [1.29, 1.82) is 0 Å². The average Bonchev–Trinajstić information content (AvgIpc) is 2.74. The van der Waals surface area contributed by atoms with Gasteiger partial charge in [0, 0.05) is 38.8 Å². The van der Waals surface area contributed by atoms with Gasteiger partial charge in [0.05, 0.1) is 17.6 Å². The quantitative estimate of drug-likeness (QED) is 0.648. The molecule has 1 aromatic heterocycles. The molecule has 0 amide bonds. The average molecular weight is 394 g/mol. The second-order valence-electron chi connectivity index (χ2n) is 7.53. The molecule has 4 rings (SSSR count). The summed E-state index contributed by atoms with van der Waals surface area (Å²) in [7, 11) is 2.16. The van der Waals surface area contributed by atoms with Crippen LogP contribution in [0.5, 0.6) is 11.5 Å². The van der Waals surface area contributed by atoms with Gasteiger partial charge in [-0.3, -0.25) is 4.79 Å². The van der Waals surface area contributed by atoms with Gasteiger partial charge in [0.1, 0.15) is 23.3 Å². The van der Waals surface area contributed by atoms with Gasteiger partial charge in [-0.2, -0.15) is 0 Å². The van der Waals surface area contributed by atoms with Gasteiger partial charge in [-0.1, -0.05) is 12.1 Å². The van der Waals surface area contributed by atoms with E-state index in [1.165, 1.54) is 6.26 Å². The molecule has 6 heteroatoms. The molecule has 1 fully saturated rings. The van der Waals surface area contributed by atoms with E-state index in [-0.39, 0.29) is 11.2 Å². The van der Waals surface area contributed by atoms with Gasteiger partial charge in [0.2, 0.25) is 0 Å². The van der Waals surface area contributed by atoms with Crippen LogP contribution in [0, 0.1) is 0 Å². The van der Waals surface area contributed by atoms with E-state index in [0.717, 1.165) is 39.1 Å². The Hall–Kier alpha value is -2.83. The summed E-state index contributed by atoms with van der Waals surface area (Å²) in [5, 5.41) is 9.94. The highest BCUT2D eigenvalue weighted by Gasteiger charge is 2.13. The molecular weight excluding hydrogens is 368 g/mol. The number of aromatic hydroxyl groups is 1. The fraction of sp³-hybridized carbons (Fsp3) is 0.348. The molecule has 2 heterocycles. The van der Waals surface area contributed by atoms with Crippen molar-refractivity contribution >= 4 is 11.0 Å². The van der Waals surface area contributed by atoms with E-state index in [1.807, 2.05) is 6.07 Å². The minimum absolute atomic E-state index is 0.0986. The number of nitrogens with zero attached hydrogens (tertiary/aromatic N) is 2. The molecule has 0 saturated carbocycles. The van der Waals surface area contributed by atoms with Gasteiger partial charge in [-0.15, -0.1) is 0 Å². The topological polar surface area (TPSA) is 66.2 Å². The molecule has 0 atom stereocenters. The molecule has 0 spiro atoms. The summed E-state index contributed by atoms with van der Waals surface area (Å²) < 4.78 is 11.6. The lowest BCUT2D eigenvalue weighted by molar-refractivity contribution is 0.145. The van der Waals surface area contributed by atoms with Crippen LogP contribution in [-0.4, -0.2) is 61.3 Å². The number of ether oxygens (including phenoxy) is 1. The second-order valence-corrected chi connectivity index (χ2v) is 7.53. The Balaban J connectivity index is 1.40. The molecule has 0 unspecified atom stereocenters. The minimum Gasteiger partial charge on any atom is -0.508 e. The number of phenols is 1. The van der Waals surface area contributed by atoms with E-state index in [2.05, 4.69) is 16.8 Å². The summed E-state index contributed by atoms with van der Waals surface area (Å²) in [4.78, 5) is 17.6. The Labute approximate surface area is 169 Å². The van der Waals surface area contributed by atoms with Crippen molar-refractivity contribution in [3.05, 3.63) is 59.0 Å². The van der Waals surface area contributed by atoms with Crippen LogP contribution in [0.4, 0.5) is 0 Å². The van der Waals surface area contributed by atoms with Gasteiger partial charge < -0.3 is 24.1 Å². The number of phenolic OH excluding ortho intramolecular Hbond substituents is 1. The lowest BCUT2D eigenvalue weighted by atomic mass is 10.1. The SMILES string of the molecule is CN1CCN(CCCOc2ccc3c(=O)c(-c4ccc(O)cc4)coc3c2)CC1. The molecule has 2 aromatic carbocycles. The fourth-order valence-electron chi connectivity index (χ4n) is 3.59. The van der Waals surface area contributed by atoms with Gasteiger partial charge >= 0.3 is 0 Å². The molecule has 6 nitrogen and oxygen atoms in total. The highest BCUT2D eigenvalue weighted by molar-refractivity contribution is 5.82. The summed E-state index contributed by atoms with van der Waals surface area (Å²) in [6.45, 7) is 6.13. The van der Waals surface area contributed by atoms with E-state index < -0.39 is 0 Å². The van der Waals surface area contributed by atoms with Gasteiger partial charge in [0.25, 0.3) is 0 Å². The third-order valence-electron chi connectivity index (χ3n) is 5.41. The molecule has 1 N–H and O–H groups in total. The van der Waals surface area contributed by atoms with Crippen molar-refractivity contribution in [3.8, 4) is 22.6 Å². The third-order valence-corrected chi connectivity index (χ3v) is 5.41. The monoisotopic (exact) mass is 394 g/mol. The number of likely N-dealkylation sites (N-methyl/N-ethyl adjacent to an activating group) is 1. The molecule has 0 radical (unpaired) electrons. The summed E-state index contributed by atoms with van der Waals surface area (Å²) in [5.41, 5.74) is 1.59. The van der Waals surface area contributed by atoms with E-state index in [9.17, 15) is 9.90 Å². The smallest absolute Gasteiger partial charge is 0.200 e. The largest absolute Gasteiger partial charge is 0.508 e. The number of hydrogen-bond donors (Lipinski definition) is 1. The zero-order chi connectivity index (χ0) is 20.2. The highest BCUT2D eigenvalue weighted by Crippen LogP contribution is 2.24. The summed E-state index contributed by atoms with van der Waals surface area (Å²) in [6.07, 6.45) is 2.43. The Morgan fingerprint density at radius 3 is 2.59 bits per heavy atom. The van der Waals surface area contributed by atoms with Crippen LogP contribution in [0.2, 0.25) is 0 Å². The van der Waals surface area contributed by atoms with Crippen molar-refractivity contribution in [2.75, 3.05) is 46.4 Å². The first-order chi connectivity index (χ1) is 14.1. The van der Waals surface area contributed by atoms with Crippen LogP contribution < -0.4 is 10.2 Å². The zero-order valence-corrected chi connectivity index (χ0v) is 16.6. The number of benzene rings is 2. The zero-order valence-electron chi connectivity index (χ0n) is 16.6. The molecule has 1 aliphatic rings. The van der Waals surface area contributed by atoms with Gasteiger partial charge in [0.15, 0.2) is 5.43 Å². The predicted octanol–water partition coefficient (Wildman–Crippen LogP) is 3.18. The van der Waals surface area contributed by atoms with Crippen molar-refractivity contribution in [2.24, 2.45) is 0 Å². The first-order valence-corrected chi connectivity index (χ1v) is 9.99. The normalized spacial score (nSPS) is 15.6. The van der Waals surface area contributed by atoms with Crippen LogP contribution in [0.3, 0.4) is 0 Å². The van der Waals surface area contributed by atoms with Crippen molar-refractivity contribution < 1.29 is 14.3 Å².